The van der Waals surface area contributed by atoms with Gasteiger partial charge in [0.25, 0.3) is 0 Å². The van der Waals surface area contributed by atoms with Crippen molar-refractivity contribution in [3.63, 3.8) is 0 Å². The van der Waals surface area contributed by atoms with Crippen molar-refractivity contribution in [1.29, 1.82) is 0 Å². The van der Waals surface area contributed by atoms with E-state index in [2.05, 4.69) is 0 Å². The van der Waals surface area contributed by atoms with Gasteiger partial charge in [0.1, 0.15) is 0 Å². The number of ketones is 1. The molecule has 0 radical (unpaired) electrons. The second kappa shape index (κ2) is 5.44. The number of alkyl halides is 3. The topological polar surface area (TPSA) is 46.3 Å². The predicted octanol–water partition coefficient (Wildman–Crippen LogP) is 2.81. The molecule has 1 heterocycles. The van der Waals surface area contributed by atoms with E-state index >= 15 is 0 Å². The van der Waals surface area contributed by atoms with Crippen LogP contribution < -0.4 is 5.73 Å². The van der Waals surface area contributed by atoms with Crippen molar-refractivity contribution < 1.29 is 18.0 Å². The summed E-state index contributed by atoms with van der Waals surface area (Å²) in [5.74, 6) is -0.570. The van der Waals surface area contributed by atoms with E-state index in [9.17, 15) is 18.0 Å². The SMILES string of the molecule is CN1CCCC(C(=O)c2cc(C(F)(F)F)ccc2N)C1. The minimum atomic E-state index is -4.47. The highest BCUT2D eigenvalue weighted by Crippen LogP contribution is 2.32. The molecule has 0 spiro atoms. The number of anilines is 1. The van der Waals surface area contributed by atoms with Gasteiger partial charge >= 0.3 is 6.18 Å². The fourth-order valence-electron chi connectivity index (χ4n) is 2.55. The van der Waals surface area contributed by atoms with E-state index in [1.807, 2.05) is 11.9 Å². The molecule has 0 aromatic heterocycles. The highest BCUT2D eigenvalue weighted by atomic mass is 19.4. The zero-order valence-corrected chi connectivity index (χ0v) is 11.2. The maximum absolute atomic E-state index is 12.7. The van der Waals surface area contributed by atoms with Crippen molar-refractivity contribution in [2.75, 3.05) is 25.9 Å². The average Bonchev–Trinajstić information content (AvgIpc) is 2.37. The minimum absolute atomic E-state index is 0.0138. The molecule has 3 nitrogen and oxygen atoms in total. The van der Waals surface area contributed by atoms with Gasteiger partial charge in [-0.2, -0.15) is 13.2 Å². The molecule has 20 heavy (non-hydrogen) atoms. The van der Waals surface area contributed by atoms with Gasteiger partial charge in [-0.1, -0.05) is 0 Å². The van der Waals surface area contributed by atoms with E-state index in [1.54, 1.807) is 0 Å². The van der Waals surface area contributed by atoms with Crippen molar-refractivity contribution >= 4 is 11.5 Å². The lowest BCUT2D eigenvalue weighted by atomic mass is 9.89. The first-order chi connectivity index (χ1) is 9.29. The Kier molecular flexibility index (Phi) is 4.04. The third-order valence-corrected chi connectivity index (χ3v) is 3.64. The number of nitrogens with zero attached hydrogens (tertiary/aromatic N) is 1. The first-order valence-corrected chi connectivity index (χ1v) is 6.48. The van der Waals surface area contributed by atoms with Crippen molar-refractivity contribution in [3.05, 3.63) is 29.3 Å². The third kappa shape index (κ3) is 3.12. The molecule has 1 aromatic carbocycles. The van der Waals surface area contributed by atoms with E-state index in [1.165, 1.54) is 0 Å². The lowest BCUT2D eigenvalue weighted by molar-refractivity contribution is -0.137. The maximum atomic E-state index is 12.7. The van der Waals surface area contributed by atoms with Gasteiger partial charge in [0.2, 0.25) is 0 Å². The van der Waals surface area contributed by atoms with Crippen LogP contribution in [0.5, 0.6) is 0 Å². The Morgan fingerprint density at radius 3 is 2.70 bits per heavy atom. The number of piperidine rings is 1. The first kappa shape index (κ1) is 14.8. The molecule has 1 aromatic rings. The number of hydrogen-bond donors (Lipinski definition) is 1. The van der Waals surface area contributed by atoms with Crippen LogP contribution in [-0.4, -0.2) is 30.8 Å². The normalized spacial score (nSPS) is 20.9. The van der Waals surface area contributed by atoms with Crippen LogP contribution >= 0.6 is 0 Å². The van der Waals surface area contributed by atoms with E-state index in [-0.39, 0.29) is 23.0 Å². The molecular weight excluding hydrogens is 269 g/mol. The van der Waals surface area contributed by atoms with Gasteiger partial charge in [-0.3, -0.25) is 4.79 Å². The fraction of sp³-hybridized carbons (Fsp3) is 0.500. The molecule has 1 atom stereocenters. The molecule has 1 unspecified atom stereocenters. The molecule has 1 fully saturated rings. The summed E-state index contributed by atoms with van der Waals surface area (Å²) in [7, 11) is 1.90. The summed E-state index contributed by atoms with van der Waals surface area (Å²) in [6.45, 7) is 1.47. The van der Waals surface area contributed by atoms with E-state index in [4.69, 9.17) is 5.73 Å². The van der Waals surface area contributed by atoms with Crippen molar-refractivity contribution in [3.8, 4) is 0 Å². The van der Waals surface area contributed by atoms with Crippen LogP contribution in [-0.2, 0) is 6.18 Å². The summed E-state index contributed by atoms with van der Waals surface area (Å²) < 4.78 is 38.1. The second-order valence-corrected chi connectivity index (χ2v) is 5.27. The zero-order valence-electron chi connectivity index (χ0n) is 11.2. The van der Waals surface area contributed by atoms with Crippen LogP contribution in [0.15, 0.2) is 18.2 Å². The van der Waals surface area contributed by atoms with Crippen LogP contribution in [0.2, 0.25) is 0 Å². The molecule has 0 saturated carbocycles. The number of hydrogen-bond acceptors (Lipinski definition) is 3. The number of nitrogen functional groups attached to an aromatic ring is 1. The largest absolute Gasteiger partial charge is 0.416 e. The molecule has 2 rings (SSSR count). The average molecular weight is 286 g/mol. The molecule has 110 valence electrons. The Morgan fingerprint density at radius 1 is 1.40 bits per heavy atom. The molecule has 0 bridgehead atoms. The highest BCUT2D eigenvalue weighted by Gasteiger charge is 2.33. The standard InChI is InChI=1S/C14H17F3N2O/c1-19-6-2-3-9(8-19)13(20)11-7-10(14(15,16)17)4-5-12(11)18/h4-5,7,9H,2-3,6,8,18H2,1H3. The molecule has 6 heteroatoms. The van der Waals surface area contributed by atoms with E-state index in [0.717, 1.165) is 31.2 Å². The summed E-state index contributed by atoms with van der Waals surface area (Å²) in [5, 5.41) is 0. The number of halogens is 3. The van der Waals surface area contributed by atoms with Gasteiger partial charge in [0.05, 0.1) is 5.56 Å². The van der Waals surface area contributed by atoms with Crippen molar-refractivity contribution in [2.45, 2.75) is 19.0 Å². The molecule has 1 aliphatic rings. The maximum Gasteiger partial charge on any atom is 0.416 e. The summed E-state index contributed by atoms with van der Waals surface area (Å²) in [5.41, 5.74) is 4.93. The smallest absolute Gasteiger partial charge is 0.398 e. The summed E-state index contributed by atoms with van der Waals surface area (Å²) in [6, 6.07) is 2.92. The molecule has 1 aliphatic heterocycles. The Morgan fingerprint density at radius 2 is 2.10 bits per heavy atom. The van der Waals surface area contributed by atoms with Crippen LogP contribution in [0.4, 0.5) is 18.9 Å². The number of nitrogens with two attached hydrogens (primary N) is 1. The Bertz CT molecular complexity index is 514. The van der Waals surface area contributed by atoms with Gasteiger partial charge < -0.3 is 10.6 Å². The number of likely N-dealkylation sites (tertiary alicyclic amines) is 1. The monoisotopic (exact) mass is 286 g/mol. The quantitative estimate of drug-likeness (QED) is 0.671. The summed E-state index contributed by atoms with van der Waals surface area (Å²) in [6.07, 6.45) is -2.91. The third-order valence-electron chi connectivity index (χ3n) is 3.64. The molecule has 1 saturated heterocycles. The predicted molar refractivity (Wildman–Crippen MR) is 70.4 cm³/mol. The minimum Gasteiger partial charge on any atom is -0.398 e. The molecule has 0 amide bonds. The Balaban J connectivity index is 2.29. The molecule has 0 aliphatic carbocycles. The van der Waals surface area contributed by atoms with Gasteiger partial charge in [0.15, 0.2) is 5.78 Å². The van der Waals surface area contributed by atoms with Crippen LogP contribution in [0, 0.1) is 5.92 Å². The number of carbonyl (C=O) groups excluding carboxylic acids is 1. The number of carbonyl (C=O) groups is 1. The van der Waals surface area contributed by atoms with Gasteiger partial charge in [-0.25, -0.2) is 0 Å². The number of Topliss-reactive ketones (excluding diaryl/α,β-unsaturated/α-hetero) is 1. The van der Waals surface area contributed by atoms with Crippen LogP contribution in [0.25, 0.3) is 0 Å². The zero-order chi connectivity index (χ0) is 14.9. The Hall–Kier alpha value is -1.56. The number of benzene rings is 1. The second-order valence-electron chi connectivity index (χ2n) is 5.27. The van der Waals surface area contributed by atoms with E-state index < -0.39 is 11.7 Å². The molecule has 2 N–H and O–H groups in total. The lowest BCUT2D eigenvalue weighted by Gasteiger charge is -2.29. The van der Waals surface area contributed by atoms with Crippen molar-refractivity contribution in [1.82, 2.24) is 4.90 Å². The van der Waals surface area contributed by atoms with Crippen LogP contribution in [0.3, 0.4) is 0 Å². The summed E-state index contributed by atoms with van der Waals surface area (Å²) >= 11 is 0. The Labute approximate surface area is 115 Å². The van der Waals surface area contributed by atoms with Crippen LogP contribution in [0.1, 0.15) is 28.8 Å². The van der Waals surface area contributed by atoms with Crippen molar-refractivity contribution in [2.24, 2.45) is 5.92 Å². The first-order valence-electron chi connectivity index (χ1n) is 6.48. The van der Waals surface area contributed by atoms with Gasteiger partial charge in [-0.15, -0.1) is 0 Å². The van der Waals surface area contributed by atoms with Gasteiger partial charge in [-0.05, 0) is 44.6 Å². The van der Waals surface area contributed by atoms with Gasteiger partial charge in [0, 0.05) is 23.7 Å². The number of rotatable bonds is 2. The summed E-state index contributed by atoms with van der Waals surface area (Å²) in [4.78, 5) is 14.4. The highest BCUT2D eigenvalue weighted by molar-refractivity contribution is 6.02. The fourth-order valence-corrected chi connectivity index (χ4v) is 2.55. The van der Waals surface area contributed by atoms with E-state index in [0.29, 0.717) is 13.0 Å². The molecular formula is C14H17F3N2O. The lowest BCUT2D eigenvalue weighted by Crippen LogP contribution is -2.36.